The molecule has 1 aliphatic heterocycles. The number of nitrogens with zero attached hydrogens (tertiary/aromatic N) is 2. The maximum absolute atomic E-state index is 13.0. The molecule has 1 aromatic heterocycles. The second-order valence-corrected chi connectivity index (χ2v) is 9.65. The number of benzene rings is 1. The molecule has 0 radical (unpaired) electrons. The summed E-state index contributed by atoms with van der Waals surface area (Å²) in [5.41, 5.74) is 2.53. The topological polar surface area (TPSA) is 103 Å². The number of carbonyl (C=O) groups is 1. The highest BCUT2D eigenvalue weighted by molar-refractivity contribution is 7.92. The van der Waals surface area contributed by atoms with Crippen molar-refractivity contribution in [3.63, 3.8) is 0 Å². The predicted octanol–water partition coefficient (Wildman–Crippen LogP) is 2.44. The Labute approximate surface area is 184 Å². The Morgan fingerprint density at radius 2 is 1.90 bits per heavy atom. The van der Waals surface area contributed by atoms with Crippen LogP contribution >= 0.6 is 0 Å². The molecule has 3 rings (SSSR count). The summed E-state index contributed by atoms with van der Waals surface area (Å²) in [4.78, 5) is 19.7. The molecule has 1 fully saturated rings. The fourth-order valence-corrected chi connectivity index (χ4v) is 4.43. The zero-order valence-corrected chi connectivity index (χ0v) is 19.3. The van der Waals surface area contributed by atoms with E-state index < -0.39 is 10.0 Å². The van der Waals surface area contributed by atoms with Gasteiger partial charge in [0.15, 0.2) is 0 Å². The smallest absolute Gasteiger partial charge is 0.261 e. The molecular formula is C22H31N5O3S. The highest BCUT2D eigenvalue weighted by Crippen LogP contribution is 2.24. The van der Waals surface area contributed by atoms with E-state index in [4.69, 9.17) is 0 Å². The average molecular weight is 446 g/mol. The minimum atomic E-state index is -3.81. The summed E-state index contributed by atoms with van der Waals surface area (Å²) in [6, 6.07) is 6.56. The first kappa shape index (κ1) is 23.0. The van der Waals surface area contributed by atoms with E-state index in [1.807, 2.05) is 32.6 Å². The Morgan fingerprint density at radius 3 is 2.55 bits per heavy atom. The number of piperazine rings is 1. The lowest BCUT2D eigenvalue weighted by atomic mass is 10.1. The van der Waals surface area contributed by atoms with Gasteiger partial charge >= 0.3 is 0 Å². The van der Waals surface area contributed by atoms with Gasteiger partial charge in [0.25, 0.3) is 15.9 Å². The molecule has 0 saturated carbocycles. The fraction of sp³-hybridized carbons (Fsp3) is 0.455. The number of sulfonamides is 1. The van der Waals surface area contributed by atoms with Gasteiger partial charge in [-0.2, -0.15) is 0 Å². The lowest BCUT2D eigenvalue weighted by Gasteiger charge is -2.30. The summed E-state index contributed by atoms with van der Waals surface area (Å²) in [6.07, 6.45) is 2.26. The van der Waals surface area contributed by atoms with Crippen LogP contribution in [0, 0.1) is 13.8 Å². The summed E-state index contributed by atoms with van der Waals surface area (Å²) in [5, 5.41) is 6.24. The fourth-order valence-electron chi connectivity index (χ4n) is 3.31. The number of carbonyl (C=O) groups excluding carboxylic acids is 1. The summed E-state index contributed by atoms with van der Waals surface area (Å²) in [7, 11) is -3.81. The van der Waals surface area contributed by atoms with Crippen molar-refractivity contribution in [1.29, 1.82) is 0 Å². The Bertz CT molecular complexity index is 1050. The van der Waals surface area contributed by atoms with Gasteiger partial charge in [0.1, 0.15) is 5.82 Å². The molecule has 1 aliphatic rings. The maximum Gasteiger partial charge on any atom is 0.261 e. The number of pyridine rings is 1. The lowest BCUT2D eigenvalue weighted by Crippen LogP contribution is -2.45. The van der Waals surface area contributed by atoms with Gasteiger partial charge in [-0.25, -0.2) is 13.4 Å². The SMILES string of the molecule is CCC(C)NC(=O)c1cc(NS(=O)(=O)c2ccc(C)c(C)c2)cnc1N1CCNCC1. The summed E-state index contributed by atoms with van der Waals surface area (Å²) in [6.45, 7) is 10.8. The standard InChI is InChI=1S/C22H31N5O3S/c1-5-17(4)25-22(28)20-13-18(14-24-21(20)27-10-8-23-9-11-27)26-31(29,30)19-7-6-15(2)16(3)12-19/h6-7,12-14,17,23,26H,5,8-11H2,1-4H3,(H,25,28). The zero-order valence-electron chi connectivity index (χ0n) is 18.5. The van der Waals surface area contributed by atoms with Gasteiger partial charge in [-0.3, -0.25) is 9.52 Å². The van der Waals surface area contributed by atoms with Crippen molar-refractivity contribution in [2.45, 2.75) is 45.1 Å². The highest BCUT2D eigenvalue weighted by atomic mass is 32.2. The van der Waals surface area contributed by atoms with E-state index in [1.54, 1.807) is 24.3 Å². The molecule has 2 heterocycles. The summed E-state index contributed by atoms with van der Waals surface area (Å²) in [5.74, 6) is 0.305. The number of rotatable bonds is 7. The number of anilines is 2. The first-order valence-corrected chi connectivity index (χ1v) is 12.1. The van der Waals surface area contributed by atoms with Gasteiger partial charge in [0.05, 0.1) is 22.3 Å². The van der Waals surface area contributed by atoms with Crippen molar-refractivity contribution in [2.24, 2.45) is 0 Å². The van der Waals surface area contributed by atoms with E-state index in [9.17, 15) is 13.2 Å². The van der Waals surface area contributed by atoms with Crippen LogP contribution in [-0.4, -0.2) is 51.5 Å². The molecule has 8 nitrogen and oxygen atoms in total. The molecule has 0 aliphatic carbocycles. The molecule has 31 heavy (non-hydrogen) atoms. The van der Waals surface area contributed by atoms with E-state index in [1.165, 1.54) is 6.20 Å². The predicted molar refractivity (Wildman–Crippen MR) is 123 cm³/mol. The number of amides is 1. The summed E-state index contributed by atoms with van der Waals surface area (Å²) < 4.78 is 28.4. The Kier molecular flexibility index (Phi) is 7.17. The molecule has 0 bridgehead atoms. The number of aromatic nitrogens is 1. The van der Waals surface area contributed by atoms with E-state index in [0.717, 1.165) is 43.7 Å². The van der Waals surface area contributed by atoms with Crippen LogP contribution < -0.4 is 20.3 Å². The van der Waals surface area contributed by atoms with Crippen LogP contribution in [0.2, 0.25) is 0 Å². The molecule has 1 amide bonds. The number of hydrogen-bond donors (Lipinski definition) is 3. The van der Waals surface area contributed by atoms with Crippen LogP contribution in [0.4, 0.5) is 11.5 Å². The van der Waals surface area contributed by atoms with Crippen LogP contribution in [0.1, 0.15) is 41.8 Å². The quantitative estimate of drug-likeness (QED) is 0.605. The van der Waals surface area contributed by atoms with Crippen LogP contribution in [-0.2, 0) is 10.0 Å². The van der Waals surface area contributed by atoms with E-state index in [-0.39, 0.29) is 22.5 Å². The second-order valence-electron chi connectivity index (χ2n) is 7.97. The summed E-state index contributed by atoms with van der Waals surface area (Å²) >= 11 is 0. The van der Waals surface area contributed by atoms with Crippen LogP contribution in [0.15, 0.2) is 35.4 Å². The van der Waals surface area contributed by atoms with E-state index >= 15 is 0 Å². The van der Waals surface area contributed by atoms with E-state index in [2.05, 4.69) is 20.3 Å². The van der Waals surface area contributed by atoms with Crippen molar-refractivity contribution in [3.8, 4) is 0 Å². The lowest BCUT2D eigenvalue weighted by molar-refractivity contribution is 0.0939. The van der Waals surface area contributed by atoms with Crippen molar-refractivity contribution >= 4 is 27.4 Å². The van der Waals surface area contributed by atoms with Crippen LogP contribution in [0.25, 0.3) is 0 Å². The first-order valence-electron chi connectivity index (χ1n) is 10.6. The molecule has 1 atom stereocenters. The Hall–Kier alpha value is -2.65. The Morgan fingerprint density at radius 1 is 1.19 bits per heavy atom. The minimum Gasteiger partial charge on any atom is -0.353 e. The molecule has 1 aromatic carbocycles. The molecule has 168 valence electrons. The van der Waals surface area contributed by atoms with Crippen molar-refractivity contribution in [3.05, 3.63) is 47.2 Å². The van der Waals surface area contributed by atoms with Gasteiger partial charge in [0.2, 0.25) is 0 Å². The van der Waals surface area contributed by atoms with Crippen LogP contribution in [0.5, 0.6) is 0 Å². The highest BCUT2D eigenvalue weighted by Gasteiger charge is 2.23. The molecular weight excluding hydrogens is 414 g/mol. The molecule has 2 aromatic rings. The second kappa shape index (κ2) is 9.65. The normalized spacial score (nSPS) is 15.4. The third-order valence-corrected chi connectivity index (χ3v) is 6.94. The third-order valence-electron chi connectivity index (χ3n) is 5.56. The number of aryl methyl sites for hydroxylation is 2. The third kappa shape index (κ3) is 5.54. The van der Waals surface area contributed by atoms with Gasteiger partial charge < -0.3 is 15.5 Å². The van der Waals surface area contributed by atoms with Crippen LogP contribution in [0.3, 0.4) is 0 Å². The number of hydrogen-bond acceptors (Lipinski definition) is 6. The largest absolute Gasteiger partial charge is 0.353 e. The zero-order chi connectivity index (χ0) is 22.6. The maximum atomic E-state index is 13.0. The number of nitrogens with one attached hydrogen (secondary N) is 3. The van der Waals surface area contributed by atoms with Crippen molar-refractivity contribution in [1.82, 2.24) is 15.6 Å². The average Bonchev–Trinajstić information content (AvgIpc) is 2.75. The van der Waals surface area contributed by atoms with Crippen molar-refractivity contribution in [2.75, 3.05) is 35.8 Å². The monoisotopic (exact) mass is 445 g/mol. The molecule has 9 heteroatoms. The van der Waals surface area contributed by atoms with Crippen molar-refractivity contribution < 1.29 is 13.2 Å². The first-order chi connectivity index (χ1) is 14.7. The van der Waals surface area contributed by atoms with Gasteiger partial charge in [0, 0.05) is 32.2 Å². The Balaban J connectivity index is 1.94. The van der Waals surface area contributed by atoms with Gasteiger partial charge in [-0.15, -0.1) is 0 Å². The molecule has 0 spiro atoms. The van der Waals surface area contributed by atoms with Gasteiger partial charge in [-0.05, 0) is 56.5 Å². The molecule has 1 unspecified atom stereocenters. The molecule has 1 saturated heterocycles. The van der Waals surface area contributed by atoms with Gasteiger partial charge in [-0.1, -0.05) is 13.0 Å². The molecule has 3 N–H and O–H groups in total. The minimum absolute atomic E-state index is 0.000691. The van der Waals surface area contributed by atoms with E-state index in [0.29, 0.717) is 11.4 Å².